The van der Waals surface area contributed by atoms with Crippen LogP contribution < -0.4 is 10.5 Å². The van der Waals surface area contributed by atoms with Gasteiger partial charge in [-0.05, 0) is 13.8 Å². The van der Waals surface area contributed by atoms with E-state index in [2.05, 4.69) is 0 Å². The Bertz CT molecular complexity index is 540. The van der Waals surface area contributed by atoms with Crippen LogP contribution >= 0.6 is 0 Å². The van der Waals surface area contributed by atoms with Crippen molar-refractivity contribution in [2.24, 2.45) is 0 Å². The van der Waals surface area contributed by atoms with Gasteiger partial charge in [0.2, 0.25) is 16.9 Å². The average molecular weight is 209 g/mol. The molecule has 5 nitrogen and oxygen atoms in total. The number of hydrogen-bond donors (Lipinski definition) is 1. The molecule has 0 aliphatic rings. The van der Waals surface area contributed by atoms with Crippen LogP contribution in [0.2, 0.25) is 0 Å². The zero-order valence-electron chi connectivity index (χ0n) is 8.48. The van der Waals surface area contributed by atoms with E-state index in [1.54, 1.807) is 13.8 Å². The van der Waals surface area contributed by atoms with Crippen LogP contribution in [0.1, 0.15) is 12.5 Å². The largest absolute Gasteiger partial charge is 0.456 e. The summed E-state index contributed by atoms with van der Waals surface area (Å²) in [6, 6.07) is 1.20. The fourth-order valence-corrected chi connectivity index (χ4v) is 1.33. The second-order valence-electron chi connectivity index (χ2n) is 3.24. The van der Waals surface area contributed by atoms with E-state index in [0.717, 1.165) is 10.6 Å². The van der Waals surface area contributed by atoms with Crippen LogP contribution in [-0.2, 0) is 0 Å². The van der Waals surface area contributed by atoms with Gasteiger partial charge in [0, 0.05) is 12.1 Å². The van der Waals surface area contributed by atoms with Gasteiger partial charge in [-0.15, -0.1) is 0 Å². The van der Waals surface area contributed by atoms with Gasteiger partial charge in [0.25, 0.3) is 0 Å². The smallest absolute Gasteiger partial charge is 0.230 e. The Morgan fingerprint density at radius 3 is 2.87 bits per heavy atom. The lowest BCUT2D eigenvalue weighted by Crippen LogP contribution is -2.18. The molecule has 2 aromatic rings. The van der Waals surface area contributed by atoms with Crippen molar-refractivity contribution >= 4 is 17.1 Å². The maximum Gasteiger partial charge on any atom is 0.230 e. The number of furan rings is 1. The molecule has 0 saturated carbocycles. The van der Waals surface area contributed by atoms with Crippen LogP contribution in [0.5, 0.6) is 0 Å². The Morgan fingerprint density at radius 1 is 1.47 bits per heavy atom. The van der Waals surface area contributed by atoms with Gasteiger partial charge in [-0.1, -0.05) is 0 Å². The molecule has 80 valence electrons. The fraction of sp³-hybridized carbons (Fsp3) is 0.300. The van der Waals surface area contributed by atoms with Gasteiger partial charge in [0.1, 0.15) is 0 Å². The monoisotopic (exact) mass is 209 g/mol. The molecule has 0 bridgehead atoms. The number of aryl methyl sites for hydroxylation is 1. The Morgan fingerprint density at radius 2 is 2.20 bits per heavy atom. The molecule has 0 amide bonds. The maximum atomic E-state index is 11.5. The number of anilines is 1. The number of hydrogen-bond acceptors (Lipinski definition) is 5. The number of hydroxylamine groups is 1. The molecule has 0 fully saturated rings. The minimum absolute atomic E-state index is 0.125. The lowest BCUT2D eigenvalue weighted by molar-refractivity contribution is 0.239. The van der Waals surface area contributed by atoms with Crippen molar-refractivity contribution < 1.29 is 14.0 Å². The highest BCUT2D eigenvalue weighted by atomic mass is 16.5. The molecule has 2 rings (SSSR count). The van der Waals surface area contributed by atoms with Crippen LogP contribution in [0.25, 0.3) is 11.2 Å². The quantitative estimate of drug-likeness (QED) is 0.765. The summed E-state index contributed by atoms with van der Waals surface area (Å²) in [6.45, 7) is 3.85. The maximum absolute atomic E-state index is 11.5. The minimum atomic E-state index is -0.299. The van der Waals surface area contributed by atoms with Crippen molar-refractivity contribution in [1.82, 2.24) is 0 Å². The van der Waals surface area contributed by atoms with Crippen molar-refractivity contribution in [1.29, 1.82) is 0 Å². The number of fused-ring (bicyclic) bond motifs is 1. The first-order chi connectivity index (χ1) is 7.13. The van der Waals surface area contributed by atoms with E-state index in [-0.39, 0.29) is 16.9 Å². The van der Waals surface area contributed by atoms with Gasteiger partial charge in [-0.25, -0.2) is 5.06 Å². The zero-order valence-corrected chi connectivity index (χ0v) is 8.48. The molecule has 2 heterocycles. The van der Waals surface area contributed by atoms with Crippen LogP contribution in [-0.4, -0.2) is 11.8 Å². The van der Waals surface area contributed by atoms with Crippen molar-refractivity contribution in [3.05, 3.63) is 28.1 Å². The van der Waals surface area contributed by atoms with E-state index in [1.165, 1.54) is 12.3 Å². The molecule has 0 saturated heterocycles. The highest BCUT2D eigenvalue weighted by molar-refractivity contribution is 5.74. The summed E-state index contributed by atoms with van der Waals surface area (Å²) in [7, 11) is 0. The lowest BCUT2D eigenvalue weighted by Gasteiger charge is -2.11. The summed E-state index contributed by atoms with van der Waals surface area (Å²) >= 11 is 0. The third kappa shape index (κ3) is 1.50. The molecular formula is C10H11NO4. The predicted molar refractivity (Wildman–Crippen MR) is 54.3 cm³/mol. The molecule has 0 aliphatic carbocycles. The van der Waals surface area contributed by atoms with E-state index in [1.807, 2.05) is 0 Å². The molecule has 0 aromatic carbocycles. The van der Waals surface area contributed by atoms with Crippen molar-refractivity contribution in [3.8, 4) is 0 Å². The van der Waals surface area contributed by atoms with Gasteiger partial charge in [-0.3, -0.25) is 10.0 Å². The Labute approximate surface area is 85.5 Å². The molecule has 0 unspecified atom stereocenters. The first kappa shape index (κ1) is 9.79. The fourth-order valence-electron chi connectivity index (χ4n) is 1.33. The van der Waals surface area contributed by atoms with Gasteiger partial charge in [0.15, 0.2) is 5.58 Å². The molecule has 1 N–H and O–H groups in total. The van der Waals surface area contributed by atoms with Crippen molar-refractivity contribution in [3.63, 3.8) is 0 Å². The van der Waals surface area contributed by atoms with Gasteiger partial charge < -0.3 is 8.83 Å². The summed E-state index contributed by atoms with van der Waals surface area (Å²) < 4.78 is 10.4. The lowest BCUT2D eigenvalue weighted by atomic mass is 10.3. The molecule has 15 heavy (non-hydrogen) atoms. The van der Waals surface area contributed by atoms with Crippen molar-refractivity contribution in [2.75, 3.05) is 11.6 Å². The molecule has 5 heteroatoms. The van der Waals surface area contributed by atoms with Crippen molar-refractivity contribution in [2.45, 2.75) is 13.8 Å². The van der Waals surface area contributed by atoms with Gasteiger partial charge in [-0.2, -0.15) is 0 Å². The standard InChI is InChI=1S/C10H11NO4/c1-3-11(13)8-4-7(12)10-9(15-8)6(2)5-14-10/h4-5,13H,3H2,1-2H3. The topological polar surface area (TPSA) is 66.8 Å². The van der Waals surface area contributed by atoms with Gasteiger partial charge >= 0.3 is 0 Å². The van der Waals surface area contributed by atoms with E-state index in [0.29, 0.717) is 12.1 Å². The molecule has 2 aromatic heterocycles. The van der Waals surface area contributed by atoms with E-state index >= 15 is 0 Å². The first-order valence-electron chi connectivity index (χ1n) is 4.62. The van der Waals surface area contributed by atoms with E-state index in [9.17, 15) is 10.0 Å². The summed E-state index contributed by atoms with van der Waals surface area (Å²) in [5.74, 6) is 0.125. The summed E-state index contributed by atoms with van der Waals surface area (Å²) in [4.78, 5) is 11.5. The summed E-state index contributed by atoms with van der Waals surface area (Å²) in [5, 5.41) is 10.3. The van der Waals surface area contributed by atoms with Crippen LogP contribution in [0, 0.1) is 6.92 Å². The molecule has 0 spiro atoms. The summed E-state index contributed by atoms with van der Waals surface area (Å²) in [6.07, 6.45) is 1.45. The molecule has 0 atom stereocenters. The second kappa shape index (κ2) is 3.43. The van der Waals surface area contributed by atoms with Crippen LogP contribution in [0.3, 0.4) is 0 Å². The first-order valence-corrected chi connectivity index (χ1v) is 4.62. The third-order valence-electron chi connectivity index (χ3n) is 2.16. The minimum Gasteiger partial charge on any atom is -0.456 e. The number of rotatable bonds is 2. The Kier molecular flexibility index (Phi) is 2.24. The molecule has 0 aliphatic heterocycles. The molecular weight excluding hydrogens is 198 g/mol. The average Bonchev–Trinajstić information content (AvgIpc) is 2.60. The predicted octanol–water partition coefficient (Wildman–Crippen LogP) is 1.91. The number of nitrogens with zero attached hydrogens (tertiary/aromatic N) is 1. The van der Waals surface area contributed by atoms with E-state index in [4.69, 9.17) is 8.83 Å². The SMILES string of the molecule is CCN(O)c1cc(=O)c2occ(C)c2o1. The van der Waals surface area contributed by atoms with Gasteiger partial charge in [0.05, 0.1) is 12.3 Å². The molecule has 0 radical (unpaired) electrons. The zero-order chi connectivity index (χ0) is 11.0. The normalized spacial score (nSPS) is 10.9. The Balaban J connectivity index is 2.70. The summed E-state index contributed by atoms with van der Waals surface area (Å²) in [5.41, 5.74) is 0.992. The third-order valence-corrected chi connectivity index (χ3v) is 2.16. The van der Waals surface area contributed by atoms with Crippen LogP contribution in [0.4, 0.5) is 5.88 Å². The van der Waals surface area contributed by atoms with Crippen LogP contribution in [0.15, 0.2) is 26.0 Å². The highest BCUT2D eigenvalue weighted by Crippen LogP contribution is 2.22. The second-order valence-corrected chi connectivity index (χ2v) is 3.24. The van der Waals surface area contributed by atoms with E-state index < -0.39 is 0 Å². The Hall–Kier alpha value is -1.75. The highest BCUT2D eigenvalue weighted by Gasteiger charge is 2.13.